The quantitative estimate of drug-likeness (QED) is 0.167. The number of rotatable bonds is 9. The number of nitrogens with one attached hydrogen (secondary N) is 2. The largest absolute Gasteiger partial charge is 0.392 e. The fraction of sp³-hybridized carbons (Fsp3) is 0.258. The SMILES string of the molecule is C=CC(=O)Nc1cccc(-c2c(CO)ccc3cnc(Nc4ccc(N5CCN(CC(C)O)C(F)C5F)cc4)nc23)c1. The monoisotopic (exact) mass is 574 g/mol. The number of hydrogen-bond acceptors (Lipinski definition) is 8. The summed E-state index contributed by atoms with van der Waals surface area (Å²) in [4.78, 5) is 23.7. The second-order valence-corrected chi connectivity index (χ2v) is 10.1. The summed E-state index contributed by atoms with van der Waals surface area (Å²) in [6.07, 6.45) is -1.58. The smallest absolute Gasteiger partial charge is 0.247 e. The molecule has 3 aromatic carbocycles. The number of fused-ring (bicyclic) bond motifs is 1. The van der Waals surface area contributed by atoms with E-state index in [9.17, 15) is 23.8 Å². The molecule has 4 aromatic rings. The second-order valence-electron chi connectivity index (χ2n) is 10.1. The van der Waals surface area contributed by atoms with Crippen molar-refractivity contribution in [2.24, 2.45) is 0 Å². The molecule has 0 spiro atoms. The average Bonchev–Trinajstić information content (AvgIpc) is 2.99. The van der Waals surface area contributed by atoms with Crippen molar-refractivity contribution < 1.29 is 23.8 Å². The van der Waals surface area contributed by atoms with Crippen molar-refractivity contribution in [3.05, 3.63) is 85.1 Å². The Hall–Kier alpha value is -4.45. The number of alkyl halides is 2. The van der Waals surface area contributed by atoms with Crippen LogP contribution in [0.3, 0.4) is 0 Å². The number of anilines is 4. The van der Waals surface area contributed by atoms with Crippen molar-refractivity contribution in [1.82, 2.24) is 14.9 Å². The Morgan fingerprint density at radius 2 is 1.90 bits per heavy atom. The van der Waals surface area contributed by atoms with Crippen LogP contribution in [-0.2, 0) is 11.4 Å². The highest BCUT2D eigenvalue weighted by atomic mass is 19.2. The number of amides is 1. The standard InChI is InChI=1S/C31H32F2N6O3/c1-3-26(42)35-24-6-4-5-20(15-24)27-22(18-40)8-7-21-16-34-31(37-28(21)27)36-23-9-11-25(12-10-23)39-14-13-38(17-19(2)41)29(32)30(39)33/h3-12,15-16,19,29-30,40-41H,1,13-14,17-18H2,2H3,(H,35,42)(H,34,36,37). The third-order valence-electron chi connectivity index (χ3n) is 7.07. The lowest BCUT2D eigenvalue weighted by Crippen LogP contribution is -2.57. The summed E-state index contributed by atoms with van der Waals surface area (Å²) in [6, 6.07) is 17.7. The second kappa shape index (κ2) is 12.6. The highest BCUT2D eigenvalue weighted by Gasteiger charge is 2.37. The predicted molar refractivity (Wildman–Crippen MR) is 160 cm³/mol. The Morgan fingerprint density at radius 3 is 2.62 bits per heavy atom. The molecule has 3 atom stereocenters. The van der Waals surface area contributed by atoms with Gasteiger partial charge in [0.1, 0.15) is 0 Å². The van der Waals surface area contributed by atoms with Crippen LogP contribution in [0.4, 0.5) is 31.8 Å². The molecule has 9 nitrogen and oxygen atoms in total. The zero-order valence-electron chi connectivity index (χ0n) is 23.0. The summed E-state index contributed by atoms with van der Waals surface area (Å²) < 4.78 is 29.6. The molecule has 218 valence electrons. The van der Waals surface area contributed by atoms with Gasteiger partial charge >= 0.3 is 0 Å². The van der Waals surface area contributed by atoms with Gasteiger partial charge in [-0.1, -0.05) is 30.8 Å². The van der Waals surface area contributed by atoms with Crippen LogP contribution in [0, 0.1) is 0 Å². The number of carbonyl (C=O) groups is 1. The molecule has 42 heavy (non-hydrogen) atoms. The minimum atomic E-state index is -1.86. The first-order chi connectivity index (χ1) is 20.3. The fourth-order valence-electron chi connectivity index (χ4n) is 5.07. The van der Waals surface area contributed by atoms with Gasteiger partial charge in [0, 0.05) is 53.8 Å². The van der Waals surface area contributed by atoms with Gasteiger partial charge in [-0.15, -0.1) is 0 Å². The van der Waals surface area contributed by atoms with Crippen molar-refractivity contribution in [2.75, 3.05) is 35.2 Å². The van der Waals surface area contributed by atoms with E-state index in [1.165, 1.54) is 15.9 Å². The van der Waals surface area contributed by atoms with E-state index >= 15 is 0 Å². The normalized spacial score (nSPS) is 18.1. The molecular weight excluding hydrogens is 542 g/mol. The van der Waals surface area contributed by atoms with E-state index in [-0.39, 0.29) is 25.6 Å². The van der Waals surface area contributed by atoms with E-state index in [1.807, 2.05) is 18.2 Å². The number of piperazine rings is 1. The van der Waals surface area contributed by atoms with Gasteiger partial charge in [0.2, 0.25) is 24.4 Å². The molecule has 0 aliphatic carbocycles. The number of benzene rings is 3. The lowest BCUT2D eigenvalue weighted by Gasteiger charge is -2.41. The highest BCUT2D eigenvalue weighted by molar-refractivity contribution is 6.00. The van der Waals surface area contributed by atoms with E-state index in [1.54, 1.807) is 55.6 Å². The molecule has 1 aromatic heterocycles. The zero-order valence-corrected chi connectivity index (χ0v) is 23.0. The number of carbonyl (C=O) groups excluding carboxylic acids is 1. The maximum atomic E-state index is 14.9. The summed E-state index contributed by atoms with van der Waals surface area (Å²) >= 11 is 0. The number of aromatic nitrogens is 2. The Labute approximate surface area is 242 Å². The molecule has 0 radical (unpaired) electrons. The number of hydrogen-bond donors (Lipinski definition) is 4. The predicted octanol–water partition coefficient (Wildman–Crippen LogP) is 4.75. The van der Waals surface area contributed by atoms with Crippen molar-refractivity contribution >= 4 is 39.8 Å². The van der Waals surface area contributed by atoms with Crippen molar-refractivity contribution in [3.8, 4) is 11.1 Å². The maximum Gasteiger partial charge on any atom is 0.247 e. The maximum absolute atomic E-state index is 14.9. The van der Waals surface area contributed by atoms with Gasteiger partial charge < -0.3 is 25.7 Å². The lowest BCUT2D eigenvalue weighted by atomic mass is 9.96. The molecular formula is C31H32F2N6O3. The first-order valence-corrected chi connectivity index (χ1v) is 13.5. The summed E-state index contributed by atoms with van der Waals surface area (Å²) in [6.45, 7) is 5.46. The number of halogens is 2. The summed E-state index contributed by atoms with van der Waals surface area (Å²) in [5, 5.41) is 26.3. The molecule has 1 aliphatic heterocycles. The number of nitrogens with zero attached hydrogens (tertiary/aromatic N) is 4. The zero-order chi connectivity index (χ0) is 29.8. The minimum absolute atomic E-state index is 0.0723. The number of aliphatic hydroxyl groups excluding tert-OH is 2. The van der Waals surface area contributed by atoms with Gasteiger partial charge in [-0.3, -0.25) is 9.69 Å². The topological polar surface area (TPSA) is 114 Å². The van der Waals surface area contributed by atoms with E-state index in [2.05, 4.69) is 22.2 Å². The van der Waals surface area contributed by atoms with Crippen LogP contribution >= 0.6 is 0 Å². The van der Waals surface area contributed by atoms with Crippen LogP contribution in [0.15, 0.2) is 79.5 Å². The van der Waals surface area contributed by atoms with Crippen LogP contribution in [0.25, 0.3) is 22.0 Å². The molecule has 5 rings (SSSR count). The van der Waals surface area contributed by atoms with E-state index in [0.29, 0.717) is 46.2 Å². The van der Waals surface area contributed by atoms with Crippen LogP contribution < -0.4 is 15.5 Å². The first-order valence-electron chi connectivity index (χ1n) is 13.5. The van der Waals surface area contributed by atoms with Crippen LogP contribution in [0.1, 0.15) is 12.5 Å². The molecule has 0 bridgehead atoms. The first kappa shape index (κ1) is 29.1. The molecule has 1 amide bonds. The van der Waals surface area contributed by atoms with Crippen LogP contribution in [0.2, 0.25) is 0 Å². The number of aliphatic hydroxyl groups is 2. The van der Waals surface area contributed by atoms with Gasteiger partial charge in [0.05, 0.1) is 18.2 Å². The van der Waals surface area contributed by atoms with Gasteiger partial charge in [-0.05, 0) is 60.5 Å². The van der Waals surface area contributed by atoms with Crippen molar-refractivity contribution in [3.63, 3.8) is 0 Å². The Balaban J connectivity index is 1.39. The van der Waals surface area contributed by atoms with Crippen molar-refractivity contribution in [2.45, 2.75) is 32.2 Å². The Morgan fingerprint density at radius 1 is 1.12 bits per heavy atom. The third kappa shape index (κ3) is 6.23. The minimum Gasteiger partial charge on any atom is -0.392 e. The van der Waals surface area contributed by atoms with E-state index in [0.717, 1.165) is 10.9 Å². The van der Waals surface area contributed by atoms with Crippen LogP contribution in [0.5, 0.6) is 0 Å². The molecule has 3 unspecified atom stereocenters. The van der Waals surface area contributed by atoms with Gasteiger partial charge in [-0.25, -0.2) is 18.7 Å². The molecule has 1 aliphatic rings. The van der Waals surface area contributed by atoms with E-state index < -0.39 is 18.7 Å². The number of β-amino-alcohol motifs (C(OH)–C–C–N with tert-alkyl or cyclic N) is 1. The summed E-state index contributed by atoms with van der Waals surface area (Å²) in [5.74, 6) is -0.0287. The van der Waals surface area contributed by atoms with Gasteiger partial charge in [0.25, 0.3) is 0 Å². The van der Waals surface area contributed by atoms with Gasteiger partial charge in [0.15, 0.2) is 0 Å². The summed E-state index contributed by atoms with van der Waals surface area (Å²) in [5.41, 5.74) is 4.47. The Kier molecular flexibility index (Phi) is 8.72. The summed E-state index contributed by atoms with van der Waals surface area (Å²) in [7, 11) is 0. The molecule has 1 fully saturated rings. The van der Waals surface area contributed by atoms with Crippen molar-refractivity contribution in [1.29, 1.82) is 0 Å². The molecule has 2 heterocycles. The molecule has 0 saturated carbocycles. The Bertz CT molecular complexity index is 1580. The molecule has 4 N–H and O–H groups in total. The van der Waals surface area contributed by atoms with Gasteiger partial charge in [-0.2, -0.15) is 0 Å². The highest BCUT2D eigenvalue weighted by Crippen LogP contribution is 2.34. The average molecular weight is 575 g/mol. The third-order valence-corrected chi connectivity index (χ3v) is 7.07. The molecule has 11 heteroatoms. The molecule has 1 saturated heterocycles. The lowest BCUT2D eigenvalue weighted by molar-refractivity contribution is -0.111. The van der Waals surface area contributed by atoms with Crippen LogP contribution in [-0.4, -0.2) is 69.3 Å². The van der Waals surface area contributed by atoms with E-state index in [4.69, 9.17) is 4.98 Å². The fourth-order valence-corrected chi connectivity index (χ4v) is 5.07.